The number of anilines is 1. The minimum absolute atomic E-state index is 0.131. The number of hydrogen-bond donors (Lipinski definition) is 1. The Morgan fingerprint density at radius 3 is 2.39 bits per heavy atom. The number of benzene rings is 2. The molecule has 0 aliphatic heterocycles. The van der Waals surface area contributed by atoms with Crippen LogP contribution in [0.3, 0.4) is 0 Å². The first-order valence-electron chi connectivity index (χ1n) is 9.00. The summed E-state index contributed by atoms with van der Waals surface area (Å²) in [5.41, 5.74) is 0.961. The Kier molecular flexibility index (Phi) is 7.83. The summed E-state index contributed by atoms with van der Waals surface area (Å²) in [6.45, 7) is 2.07. The zero-order valence-corrected chi connectivity index (χ0v) is 17.4. The van der Waals surface area contributed by atoms with Crippen LogP contribution in [0.25, 0.3) is 0 Å². The summed E-state index contributed by atoms with van der Waals surface area (Å²) in [5, 5.41) is 3.43. The summed E-state index contributed by atoms with van der Waals surface area (Å²) in [7, 11) is -3.85. The van der Waals surface area contributed by atoms with Crippen LogP contribution in [0.5, 0.6) is 0 Å². The molecule has 152 valence electrons. The number of aryl methyl sites for hydroxylation is 1. The van der Waals surface area contributed by atoms with Crippen LogP contribution in [-0.2, 0) is 21.2 Å². The first-order chi connectivity index (χ1) is 13.2. The summed E-state index contributed by atoms with van der Waals surface area (Å²) < 4.78 is 39.7. The zero-order valence-electron chi connectivity index (χ0n) is 15.9. The van der Waals surface area contributed by atoms with Crippen LogP contribution in [-0.4, -0.2) is 33.2 Å². The van der Waals surface area contributed by atoms with Crippen molar-refractivity contribution in [1.82, 2.24) is 5.32 Å². The van der Waals surface area contributed by atoms with Gasteiger partial charge in [-0.05, 0) is 49.1 Å². The molecule has 1 atom stereocenters. The van der Waals surface area contributed by atoms with Crippen LogP contribution >= 0.6 is 11.6 Å². The van der Waals surface area contributed by atoms with Gasteiger partial charge in [0.2, 0.25) is 15.9 Å². The second-order valence-corrected chi connectivity index (χ2v) is 8.75. The molecular formula is C20H24ClFN2O3S. The Hall–Kier alpha value is -2.12. The lowest BCUT2D eigenvalue weighted by Gasteiger charge is -2.30. The van der Waals surface area contributed by atoms with Gasteiger partial charge in [-0.1, -0.05) is 42.8 Å². The topological polar surface area (TPSA) is 66.5 Å². The Labute approximate surface area is 170 Å². The second kappa shape index (κ2) is 9.89. The Bertz CT molecular complexity index is 904. The van der Waals surface area contributed by atoms with Crippen molar-refractivity contribution in [2.45, 2.75) is 32.2 Å². The molecule has 0 aromatic heterocycles. The van der Waals surface area contributed by atoms with Gasteiger partial charge in [0.25, 0.3) is 0 Å². The molecule has 0 saturated heterocycles. The number of amides is 1. The molecule has 0 radical (unpaired) electrons. The summed E-state index contributed by atoms with van der Waals surface area (Å²) in [5.74, 6) is -1.14. The monoisotopic (exact) mass is 426 g/mol. The molecule has 1 amide bonds. The molecule has 0 bridgehead atoms. The van der Waals surface area contributed by atoms with Crippen molar-refractivity contribution in [2.75, 3.05) is 17.1 Å². The molecule has 0 heterocycles. The summed E-state index contributed by atoms with van der Waals surface area (Å²) >= 11 is 5.86. The van der Waals surface area contributed by atoms with Crippen molar-refractivity contribution >= 4 is 33.2 Å². The highest BCUT2D eigenvalue weighted by Gasteiger charge is 2.32. The fourth-order valence-corrected chi connectivity index (χ4v) is 4.28. The molecule has 0 saturated carbocycles. The van der Waals surface area contributed by atoms with E-state index in [1.807, 2.05) is 12.1 Å². The minimum Gasteiger partial charge on any atom is -0.354 e. The fourth-order valence-electron chi connectivity index (χ4n) is 2.94. The second-order valence-electron chi connectivity index (χ2n) is 6.46. The first kappa shape index (κ1) is 22.2. The van der Waals surface area contributed by atoms with E-state index in [1.165, 1.54) is 24.3 Å². The Morgan fingerprint density at radius 1 is 1.18 bits per heavy atom. The van der Waals surface area contributed by atoms with Crippen molar-refractivity contribution in [3.05, 3.63) is 64.9 Å². The van der Waals surface area contributed by atoms with E-state index in [-0.39, 0.29) is 12.1 Å². The summed E-state index contributed by atoms with van der Waals surface area (Å²) in [6, 6.07) is 12.0. The van der Waals surface area contributed by atoms with E-state index < -0.39 is 27.8 Å². The predicted molar refractivity (Wildman–Crippen MR) is 111 cm³/mol. The van der Waals surface area contributed by atoms with Crippen LogP contribution in [0, 0.1) is 5.82 Å². The number of sulfonamides is 1. The van der Waals surface area contributed by atoms with Gasteiger partial charge in [-0.25, -0.2) is 12.8 Å². The lowest BCUT2D eigenvalue weighted by Crippen LogP contribution is -2.49. The maximum Gasteiger partial charge on any atom is 0.243 e. The quantitative estimate of drug-likeness (QED) is 0.620. The predicted octanol–water partition coefficient (Wildman–Crippen LogP) is 3.77. The molecular weight excluding hydrogens is 403 g/mol. The normalized spacial score (nSPS) is 12.4. The van der Waals surface area contributed by atoms with Crippen molar-refractivity contribution in [3.8, 4) is 0 Å². The van der Waals surface area contributed by atoms with Gasteiger partial charge in [0, 0.05) is 11.6 Å². The number of carbonyl (C=O) groups excluding carboxylic acids is 1. The van der Waals surface area contributed by atoms with Crippen LogP contribution < -0.4 is 9.62 Å². The van der Waals surface area contributed by atoms with Crippen LogP contribution in [0.4, 0.5) is 10.1 Å². The lowest BCUT2D eigenvalue weighted by atomic mass is 10.1. The molecule has 0 spiro atoms. The first-order valence-corrected chi connectivity index (χ1v) is 11.2. The Balaban J connectivity index is 2.05. The number of hydrogen-bond acceptors (Lipinski definition) is 3. The maximum absolute atomic E-state index is 14.2. The van der Waals surface area contributed by atoms with E-state index in [0.717, 1.165) is 22.5 Å². The molecule has 28 heavy (non-hydrogen) atoms. The van der Waals surface area contributed by atoms with E-state index in [0.29, 0.717) is 18.0 Å². The highest BCUT2D eigenvalue weighted by atomic mass is 35.5. The number of carbonyl (C=O) groups is 1. The molecule has 0 aliphatic rings. The van der Waals surface area contributed by atoms with Gasteiger partial charge in [0.05, 0.1) is 11.9 Å². The summed E-state index contributed by atoms with van der Waals surface area (Å²) in [6.07, 6.45) is 2.61. The molecule has 2 aromatic rings. The van der Waals surface area contributed by atoms with Crippen molar-refractivity contribution in [2.24, 2.45) is 0 Å². The molecule has 0 unspecified atom stereocenters. The largest absolute Gasteiger partial charge is 0.354 e. The summed E-state index contributed by atoms with van der Waals surface area (Å²) in [4.78, 5) is 12.6. The van der Waals surface area contributed by atoms with Gasteiger partial charge < -0.3 is 5.32 Å². The van der Waals surface area contributed by atoms with Crippen molar-refractivity contribution < 1.29 is 17.6 Å². The van der Waals surface area contributed by atoms with E-state index in [1.54, 1.807) is 19.1 Å². The van der Waals surface area contributed by atoms with E-state index in [2.05, 4.69) is 5.32 Å². The SMILES string of the molecule is CC[C@@H](C(=O)NCCCc1ccc(Cl)cc1)N(c1ccccc1F)S(C)(=O)=O. The molecule has 0 fully saturated rings. The number of para-hydroxylation sites is 1. The number of rotatable bonds is 9. The van der Waals surface area contributed by atoms with E-state index >= 15 is 0 Å². The third-order valence-corrected chi connectivity index (χ3v) is 5.69. The van der Waals surface area contributed by atoms with Gasteiger partial charge in [-0.2, -0.15) is 0 Å². The van der Waals surface area contributed by atoms with Crippen LogP contribution in [0.2, 0.25) is 5.02 Å². The number of nitrogens with zero attached hydrogens (tertiary/aromatic N) is 1. The van der Waals surface area contributed by atoms with Gasteiger partial charge in [-0.15, -0.1) is 0 Å². The van der Waals surface area contributed by atoms with E-state index in [9.17, 15) is 17.6 Å². The molecule has 8 heteroatoms. The number of halogens is 2. The van der Waals surface area contributed by atoms with Gasteiger partial charge in [-0.3, -0.25) is 9.10 Å². The van der Waals surface area contributed by atoms with Crippen LogP contribution in [0.15, 0.2) is 48.5 Å². The standard InChI is InChI=1S/C20H24ClFN2O3S/c1-3-18(24(28(2,26)27)19-9-5-4-8-17(19)22)20(25)23-14-6-7-15-10-12-16(21)13-11-15/h4-5,8-13,18H,3,6-7,14H2,1-2H3,(H,23,25)/t18-/m0/s1. The zero-order chi connectivity index (χ0) is 20.7. The highest BCUT2D eigenvalue weighted by molar-refractivity contribution is 7.92. The lowest BCUT2D eigenvalue weighted by molar-refractivity contribution is -0.122. The molecule has 1 N–H and O–H groups in total. The number of nitrogens with one attached hydrogen (secondary N) is 1. The average Bonchev–Trinajstić information content (AvgIpc) is 2.64. The van der Waals surface area contributed by atoms with Crippen molar-refractivity contribution in [3.63, 3.8) is 0 Å². The average molecular weight is 427 g/mol. The third kappa shape index (κ3) is 5.94. The van der Waals surface area contributed by atoms with Crippen molar-refractivity contribution in [1.29, 1.82) is 0 Å². The molecule has 2 rings (SSSR count). The molecule has 2 aromatic carbocycles. The Morgan fingerprint density at radius 2 is 1.82 bits per heavy atom. The smallest absolute Gasteiger partial charge is 0.243 e. The maximum atomic E-state index is 14.2. The van der Waals surface area contributed by atoms with Gasteiger partial charge in [0.1, 0.15) is 11.9 Å². The molecule has 5 nitrogen and oxygen atoms in total. The van der Waals surface area contributed by atoms with Gasteiger partial charge >= 0.3 is 0 Å². The molecule has 0 aliphatic carbocycles. The van der Waals surface area contributed by atoms with Gasteiger partial charge in [0.15, 0.2) is 0 Å². The highest BCUT2D eigenvalue weighted by Crippen LogP contribution is 2.25. The minimum atomic E-state index is -3.85. The van der Waals surface area contributed by atoms with E-state index in [4.69, 9.17) is 11.6 Å². The fraction of sp³-hybridized carbons (Fsp3) is 0.350. The van der Waals surface area contributed by atoms with Crippen LogP contribution in [0.1, 0.15) is 25.3 Å². The third-order valence-electron chi connectivity index (χ3n) is 4.27.